The molecule has 1 aliphatic rings. The summed E-state index contributed by atoms with van der Waals surface area (Å²) in [6.45, 7) is 1.32. The predicted octanol–water partition coefficient (Wildman–Crippen LogP) is 2.25. The van der Waals surface area contributed by atoms with Crippen LogP contribution < -0.4 is 0 Å². The van der Waals surface area contributed by atoms with E-state index in [4.69, 9.17) is 0 Å². The van der Waals surface area contributed by atoms with E-state index in [1.165, 1.54) is 0 Å². The number of likely N-dealkylation sites (tertiary alicyclic amines) is 1. The first kappa shape index (κ1) is 14.7. The number of rotatable bonds is 3. The third-order valence-electron chi connectivity index (χ3n) is 4.46. The van der Waals surface area contributed by atoms with Crippen LogP contribution in [0.3, 0.4) is 0 Å². The van der Waals surface area contributed by atoms with Crippen molar-refractivity contribution in [1.29, 1.82) is 0 Å². The molecule has 1 N–H and O–H groups in total. The van der Waals surface area contributed by atoms with Gasteiger partial charge in [-0.1, -0.05) is 30.3 Å². The largest absolute Gasteiger partial charge is 0.395 e. The molecule has 1 fully saturated rings. The van der Waals surface area contributed by atoms with Gasteiger partial charge in [0.2, 0.25) is 0 Å². The number of hydrogen-bond donors (Lipinski definition) is 1. The first-order valence-corrected chi connectivity index (χ1v) is 7.61. The molecule has 2 aromatic rings. The highest BCUT2D eigenvalue weighted by Gasteiger charge is 2.38. The van der Waals surface area contributed by atoms with Gasteiger partial charge in [-0.2, -0.15) is 0 Å². The van der Waals surface area contributed by atoms with E-state index >= 15 is 0 Å². The summed E-state index contributed by atoms with van der Waals surface area (Å²) >= 11 is 0. The molecule has 0 bridgehead atoms. The molecule has 4 nitrogen and oxygen atoms in total. The van der Waals surface area contributed by atoms with Gasteiger partial charge < -0.3 is 10.0 Å². The summed E-state index contributed by atoms with van der Waals surface area (Å²) in [6, 6.07) is 13.6. The Morgan fingerprint density at radius 3 is 2.73 bits per heavy atom. The first-order chi connectivity index (χ1) is 10.7. The quantitative estimate of drug-likeness (QED) is 0.945. The van der Waals surface area contributed by atoms with Gasteiger partial charge in [-0.15, -0.1) is 0 Å². The molecule has 1 aromatic carbocycles. The maximum Gasteiger partial charge on any atom is 0.255 e. The molecule has 1 atom stereocenters. The first-order valence-electron chi connectivity index (χ1n) is 7.61. The lowest BCUT2D eigenvalue weighted by atomic mass is 9.74. The van der Waals surface area contributed by atoms with E-state index in [9.17, 15) is 9.90 Å². The van der Waals surface area contributed by atoms with Crippen LogP contribution in [0.15, 0.2) is 54.9 Å². The summed E-state index contributed by atoms with van der Waals surface area (Å²) in [5, 5.41) is 10.0. The Bertz CT molecular complexity index is 630. The maximum absolute atomic E-state index is 12.6. The van der Waals surface area contributed by atoms with Crippen molar-refractivity contribution in [2.24, 2.45) is 0 Å². The van der Waals surface area contributed by atoms with Crippen molar-refractivity contribution >= 4 is 5.91 Å². The molecule has 22 heavy (non-hydrogen) atoms. The molecule has 0 saturated carbocycles. The molecule has 1 amide bonds. The molecule has 1 saturated heterocycles. The number of amides is 1. The molecule has 0 radical (unpaired) electrons. The highest BCUT2D eigenvalue weighted by Crippen LogP contribution is 2.34. The number of benzene rings is 1. The second kappa shape index (κ2) is 6.28. The molecule has 0 unspecified atom stereocenters. The minimum atomic E-state index is -0.364. The monoisotopic (exact) mass is 296 g/mol. The number of aliphatic hydroxyl groups excluding tert-OH is 1. The Hall–Kier alpha value is -2.20. The van der Waals surface area contributed by atoms with Crippen molar-refractivity contribution < 1.29 is 9.90 Å². The van der Waals surface area contributed by atoms with Crippen LogP contribution in [0.5, 0.6) is 0 Å². The maximum atomic E-state index is 12.6. The normalized spacial score (nSPS) is 21.6. The Labute approximate surface area is 130 Å². The number of carbonyl (C=O) groups excluding carboxylic acids is 1. The summed E-state index contributed by atoms with van der Waals surface area (Å²) in [6.07, 6.45) is 5.04. The molecular weight excluding hydrogens is 276 g/mol. The fourth-order valence-corrected chi connectivity index (χ4v) is 3.22. The summed E-state index contributed by atoms with van der Waals surface area (Å²) in [5.41, 5.74) is 1.34. The van der Waals surface area contributed by atoms with Crippen molar-refractivity contribution in [3.63, 3.8) is 0 Å². The van der Waals surface area contributed by atoms with E-state index in [0.29, 0.717) is 12.1 Å². The smallest absolute Gasteiger partial charge is 0.255 e. The zero-order chi connectivity index (χ0) is 15.4. The Kier molecular flexibility index (Phi) is 4.20. The van der Waals surface area contributed by atoms with E-state index in [2.05, 4.69) is 4.98 Å². The van der Waals surface area contributed by atoms with Crippen molar-refractivity contribution in [2.45, 2.75) is 18.3 Å². The molecule has 3 rings (SSSR count). The van der Waals surface area contributed by atoms with Gasteiger partial charge in [0.1, 0.15) is 0 Å². The number of aromatic nitrogens is 1. The highest BCUT2D eigenvalue weighted by molar-refractivity contribution is 5.94. The van der Waals surface area contributed by atoms with Crippen LogP contribution >= 0.6 is 0 Å². The van der Waals surface area contributed by atoms with E-state index < -0.39 is 0 Å². The second-order valence-electron chi connectivity index (χ2n) is 5.88. The third-order valence-corrected chi connectivity index (χ3v) is 4.46. The molecular formula is C18H20N2O2. The van der Waals surface area contributed by atoms with Crippen LogP contribution in [0.25, 0.3) is 0 Å². The van der Waals surface area contributed by atoms with Crippen molar-refractivity contribution in [3.05, 3.63) is 66.0 Å². The zero-order valence-corrected chi connectivity index (χ0v) is 12.5. The molecule has 2 heterocycles. The lowest BCUT2D eigenvalue weighted by Gasteiger charge is -2.42. The molecule has 4 heteroatoms. The van der Waals surface area contributed by atoms with Crippen LogP contribution in [0.4, 0.5) is 0 Å². The van der Waals surface area contributed by atoms with Gasteiger partial charge in [-0.05, 0) is 30.5 Å². The Morgan fingerprint density at radius 2 is 2.05 bits per heavy atom. The minimum absolute atomic E-state index is 0.0124. The van der Waals surface area contributed by atoms with E-state index in [1.54, 1.807) is 24.5 Å². The van der Waals surface area contributed by atoms with Crippen molar-refractivity contribution in [1.82, 2.24) is 9.88 Å². The topological polar surface area (TPSA) is 53.4 Å². The number of carbonyl (C=O) groups is 1. The summed E-state index contributed by atoms with van der Waals surface area (Å²) < 4.78 is 0. The summed E-state index contributed by atoms with van der Waals surface area (Å²) in [7, 11) is 0. The van der Waals surface area contributed by atoms with Crippen molar-refractivity contribution in [3.8, 4) is 0 Å². The molecule has 1 aliphatic heterocycles. The van der Waals surface area contributed by atoms with Gasteiger partial charge in [0.15, 0.2) is 0 Å². The number of nitrogens with zero attached hydrogens (tertiary/aromatic N) is 2. The van der Waals surface area contributed by atoms with Crippen LogP contribution in [0.2, 0.25) is 0 Å². The number of pyridine rings is 1. The van der Waals surface area contributed by atoms with Crippen LogP contribution in [-0.4, -0.2) is 40.6 Å². The van der Waals surface area contributed by atoms with Crippen LogP contribution in [0.1, 0.15) is 28.8 Å². The third kappa shape index (κ3) is 2.74. The fraction of sp³-hybridized carbons (Fsp3) is 0.333. The summed E-state index contributed by atoms with van der Waals surface area (Å²) in [5.74, 6) is -0.0124. The standard InChI is InChI=1S/C18H20N2O2/c21-14-18(16-7-2-1-3-8-16)9-5-11-20(13-18)17(22)15-6-4-10-19-12-15/h1-4,6-8,10,12,21H,5,9,11,13-14H2/t18-/m0/s1. The second-order valence-corrected chi connectivity index (χ2v) is 5.88. The Balaban J connectivity index is 1.86. The minimum Gasteiger partial charge on any atom is -0.395 e. The molecule has 0 aliphatic carbocycles. The Morgan fingerprint density at radius 1 is 1.23 bits per heavy atom. The molecule has 1 aromatic heterocycles. The van der Waals surface area contributed by atoms with Gasteiger partial charge in [-0.25, -0.2) is 0 Å². The van der Waals surface area contributed by atoms with Gasteiger partial charge in [0.25, 0.3) is 5.91 Å². The number of piperidine rings is 1. The summed E-state index contributed by atoms with van der Waals surface area (Å²) in [4.78, 5) is 18.5. The lowest BCUT2D eigenvalue weighted by molar-refractivity contribution is 0.0543. The van der Waals surface area contributed by atoms with Crippen molar-refractivity contribution in [2.75, 3.05) is 19.7 Å². The number of hydrogen-bond acceptors (Lipinski definition) is 3. The van der Waals surface area contributed by atoms with Gasteiger partial charge in [0.05, 0.1) is 12.2 Å². The average molecular weight is 296 g/mol. The SMILES string of the molecule is O=C(c1cccnc1)N1CCC[C@](CO)(c2ccccc2)C1. The fourth-order valence-electron chi connectivity index (χ4n) is 3.22. The predicted molar refractivity (Wildman–Crippen MR) is 84.6 cm³/mol. The van der Waals surface area contributed by atoms with E-state index in [-0.39, 0.29) is 17.9 Å². The number of aliphatic hydroxyl groups is 1. The highest BCUT2D eigenvalue weighted by atomic mass is 16.3. The average Bonchev–Trinajstić information content (AvgIpc) is 2.62. The van der Waals surface area contributed by atoms with Crippen LogP contribution in [0, 0.1) is 0 Å². The van der Waals surface area contributed by atoms with Gasteiger partial charge >= 0.3 is 0 Å². The molecule has 114 valence electrons. The van der Waals surface area contributed by atoms with Crippen LogP contribution in [-0.2, 0) is 5.41 Å². The zero-order valence-electron chi connectivity index (χ0n) is 12.5. The lowest BCUT2D eigenvalue weighted by Crippen LogP contribution is -2.50. The molecule has 0 spiro atoms. The van der Waals surface area contributed by atoms with Gasteiger partial charge in [-0.3, -0.25) is 9.78 Å². The van der Waals surface area contributed by atoms with Gasteiger partial charge in [0, 0.05) is 30.9 Å². The van der Waals surface area contributed by atoms with E-state index in [1.807, 2.05) is 35.2 Å². The van der Waals surface area contributed by atoms with E-state index in [0.717, 1.165) is 24.9 Å².